The van der Waals surface area contributed by atoms with E-state index in [1.165, 1.54) is 13.2 Å². The van der Waals surface area contributed by atoms with Crippen molar-refractivity contribution in [3.8, 4) is 5.75 Å². The highest BCUT2D eigenvalue weighted by Gasteiger charge is 2.18. The summed E-state index contributed by atoms with van der Waals surface area (Å²) in [6.45, 7) is 3.03. The molecule has 0 saturated carbocycles. The number of ether oxygens (including phenoxy) is 1. The van der Waals surface area contributed by atoms with Crippen molar-refractivity contribution in [3.63, 3.8) is 0 Å². The van der Waals surface area contributed by atoms with Gasteiger partial charge in [-0.3, -0.25) is 0 Å². The second kappa shape index (κ2) is 6.52. The molecule has 108 valence electrons. The van der Waals surface area contributed by atoms with Crippen LogP contribution in [0.15, 0.2) is 30.6 Å². The van der Waals surface area contributed by atoms with Crippen molar-refractivity contribution in [2.24, 2.45) is 0 Å². The summed E-state index contributed by atoms with van der Waals surface area (Å²) in [5, 5.41) is 3.23. The Labute approximate surface area is 118 Å². The van der Waals surface area contributed by atoms with Gasteiger partial charge >= 0.3 is 0 Å². The zero-order chi connectivity index (χ0) is 14.5. The van der Waals surface area contributed by atoms with Gasteiger partial charge in [0.05, 0.1) is 13.2 Å². The van der Waals surface area contributed by atoms with Gasteiger partial charge in [0.1, 0.15) is 5.82 Å². The number of rotatable bonds is 6. The predicted octanol–water partition coefficient (Wildman–Crippen LogP) is 2.75. The monoisotopic (exact) mass is 277 g/mol. The molecule has 5 heteroatoms. The largest absolute Gasteiger partial charge is 0.494 e. The van der Waals surface area contributed by atoms with Gasteiger partial charge in [0, 0.05) is 18.9 Å². The lowest BCUT2D eigenvalue weighted by molar-refractivity contribution is 0.385. The van der Waals surface area contributed by atoms with E-state index < -0.39 is 0 Å². The third kappa shape index (κ3) is 2.82. The topological polar surface area (TPSA) is 39.1 Å². The van der Waals surface area contributed by atoms with E-state index in [9.17, 15) is 4.39 Å². The van der Waals surface area contributed by atoms with Crippen LogP contribution in [0.25, 0.3) is 0 Å². The molecule has 1 aromatic carbocycles. The van der Waals surface area contributed by atoms with Gasteiger partial charge in [0.2, 0.25) is 0 Å². The smallest absolute Gasteiger partial charge is 0.165 e. The molecule has 0 radical (unpaired) electrons. The van der Waals surface area contributed by atoms with Crippen molar-refractivity contribution in [2.45, 2.75) is 25.9 Å². The summed E-state index contributed by atoms with van der Waals surface area (Å²) in [5.74, 6) is 0.808. The number of nitrogens with zero attached hydrogens (tertiary/aromatic N) is 2. The van der Waals surface area contributed by atoms with Gasteiger partial charge in [-0.2, -0.15) is 0 Å². The average Bonchev–Trinajstić information content (AvgIpc) is 2.90. The summed E-state index contributed by atoms with van der Waals surface area (Å²) in [6.07, 6.45) is 4.78. The lowest BCUT2D eigenvalue weighted by Gasteiger charge is -2.18. The van der Waals surface area contributed by atoms with Crippen LogP contribution in [0.5, 0.6) is 5.75 Å². The molecule has 1 heterocycles. The van der Waals surface area contributed by atoms with E-state index in [1.54, 1.807) is 18.3 Å². The molecule has 0 aliphatic heterocycles. The second-order valence-corrected chi connectivity index (χ2v) is 4.59. The first-order valence-corrected chi connectivity index (χ1v) is 6.73. The molecule has 20 heavy (non-hydrogen) atoms. The van der Waals surface area contributed by atoms with Crippen molar-refractivity contribution in [2.75, 3.05) is 14.2 Å². The first kappa shape index (κ1) is 14.5. The Balaban J connectivity index is 2.39. The molecule has 0 aliphatic carbocycles. The molecule has 1 aromatic heterocycles. The quantitative estimate of drug-likeness (QED) is 0.882. The molecule has 0 spiro atoms. The number of hydrogen-bond donors (Lipinski definition) is 1. The van der Waals surface area contributed by atoms with Crippen molar-refractivity contribution >= 4 is 0 Å². The molecule has 0 fully saturated rings. The van der Waals surface area contributed by atoms with Crippen LogP contribution in [0.4, 0.5) is 4.39 Å². The first-order chi connectivity index (χ1) is 9.71. The van der Waals surface area contributed by atoms with Gasteiger partial charge in [0.15, 0.2) is 11.6 Å². The molecule has 0 bridgehead atoms. The summed E-state index contributed by atoms with van der Waals surface area (Å²) in [4.78, 5) is 4.43. The van der Waals surface area contributed by atoms with Crippen molar-refractivity contribution in [3.05, 3.63) is 47.8 Å². The maximum Gasteiger partial charge on any atom is 0.165 e. The lowest BCUT2D eigenvalue weighted by Crippen LogP contribution is -2.22. The van der Waals surface area contributed by atoms with E-state index in [2.05, 4.69) is 21.8 Å². The molecule has 1 N–H and O–H groups in total. The van der Waals surface area contributed by atoms with Gasteiger partial charge < -0.3 is 14.6 Å². The fourth-order valence-corrected chi connectivity index (χ4v) is 2.31. The molecular formula is C15H20FN3O. The molecule has 2 aromatic rings. The third-order valence-electron chi connectivity index (χ3n) is 3.27. The number of benzene rings is 1. The number of imidazole rings is 1. The van der Waals surface area contributed by atoms with Crippen molar-refractivity contribution in [1.29, 1.82) is 0 Å². The number of aromatic nitrogens is 2. The molecule has 0 saturated heterocycles. The maximum absolute atomic E-state index is 13.5. The Morgan fingerprint density at radius 3 is 2.90 bits per heavy atom. The zero-order valence-electron chi connectivity index (χ0n) is 12.1. The van der Waals surface area contributed by atoms with Gasteiger partial charge in [0.25, 0.3) is 0 Å². The number of aryl methyl sites for hydroxylation is 1. The Kier molecular flexibility index (Phi) is 4.74. The molecule has 4 nitrogen and oxygen atoms in total. The highest BCUT2D eigenvalue weighted by atomic mass is 19.1. The first-order valence-electron chi connectivity index (χ1n) is 6.73. The van der Waals surface area contributed by atoms with Crippen LogP contribution >= 0.6 is 0 Å². The van der Waals surface area contributed by atoms with Crippen molar-refractivity contribution < 1.29 is 9.13 Å². The van der Waals surface area contributed by atoms with E-state index in [0.29, 0.717) is 0 Å². The molecule has 0 amide bonds. The highest BCUT2D eigenvalue weighted by Crippen LogP contribution is 2.26. The third-order valence-corrected chi connectivity index (χ3v) is 3.27. The standard InChI is InChI=1S/C15H20FN3O/c1-4-8-19-9-7-18-15(19)14(17-2)11-5-6-12(16)13(10-11)20-3/h5-7,9-10,14,17H,4,8H2,1-3H3. The second-order valence-electron chi connectivity index (χ2n) is 4.59. The molecule has 2 rings (SSSR count). The van der Waals surface area contributed by atoms with Crippen LogP contribution in [-0.4, -0.2) is 23.7 Å². The Morgan fingerprint density at radius 1 is 1.45 bits per heavy atom. The van der Waals surface area contributed by atoms with Crippen LogP contribution in [-0.2, 0) is 6.54 Å². The minimum atomic E-state index is -0.358. The summed E-state index contributed by atoms with van der Waals surface area (Å²) >= 11 is 0. The number of methoxy groups -OCH3 is 1. The SMILES string of the molecule is CCCn1ccnc1C(NC)c1ccc(F)c(OC)c1. The van der Waals surface area contributed by atoms with E-state index >= 15 is 0 Å². The number of hydrogen-bond acceptors (Lipinski definition) is 3. The molecular weight excluding hydrogens is 257 g/mol. The van der Waals surface area contributed by atoms with E-state index in [4.69, 9.17) is 4.74 Å². The fourth-order valence-electron chi connectivity index (χ4n) is 2.31. The van der Waals surface area contributed by atoms with Crippen LogP contribution < -0.4 is 10.1 Å². The van der Waals surface area contributed by atoms with Crippen LogP contribution in [0.3, 0.4) is 0 Å². The average molecular weight is 277 g/mol. The minimum absolute atomic E-state index is 0.0916. The highest BCUT2D eigenvalue weighted by molar-refractivity contribution is 5.34. The normalized spacial score (nSPS) is 12.4. The van der Waals surface area contributed by atoms with Crippen LogP contribution in [0.2, 0.25) is 0 Å². The summed E-state index contributed by atoms with van der Waals surface area (Å²) in [5.41, 5.74) is 0.925. The Morgan fingerprint density at radius 2 is 2.25 bits per heavy atom. The number of halogens is 1. The van der Waals surface area contributed by atoms with Crippen molar-refractivity contribution in [1.82, 2.24) is 14.9 Å². The fraction of sp³-hybridized carbons (Fsp3) is 0.400. The Bertz CT molecular complexity index is 568. The minimum Gasteiger partial charge on any atom is -0.494 e. The van der Waals surface area contributed by atoms with Gasteiger partial charge in [-0.1, -0.05) is 13.0 Å². The Hall–Kier alpha value is -1.88. The maximum atomic E-state index is 13.5. The van der Waals surface area contributed by atoms with E-state index in [-0.39, 0.29) is 17.6 Å². The van der Waals surface area contributed by atoms with Crippen LogP contribution in [0.1, 0.15) is 30.8 Å². The summed E-state index contributed by atoms with van der Waals surface area (Å²) in [6, 6.07) is 4.79. The number of nitrogens with one attached hydrogen (secondary N) is 1. The van der Waals surface area contributed by atoms with Gasteiger partial charge in [-0.05, 0) is 31.2 Å². The zero-order valence-corrected chi connectivity index (χ0v) is 12.1. The molecule has 1 atom stereocenters. The lowest BCUT2D eigenvalue weighted by atomic mass is 10.1. The molecule has 1 unspecified atom stereocenters. The molecule has 0 aliphatic rings. The summed E-state index contributed by atoms with van der Waals surface area (Å²) in [7, 11) is 3.33. The van der Waals surface area contributed by atoms with Gasteiger partial charge in [-0.25, -0.2) is 9.37 Å². The predicted molar refractivity (Wildman–Crippen MR) is 76.4 cm³/mol. The summed E-state index contributed by atoms with van der Waals surface area (Å²) < 4.78 is 20.7. The van der Waals surface area contributed by atoms with Crippen LogP contribution in [0, 0.1) is 5.82 Å². The van der Waals surface area contributed by atoms with E-state index in [1.807, 2.05) is 13.2 Å². The van der Waals surface area contributed by atoms with E-state index in [0.717, 1.165) is 24.4 Å². The van der Waals surface area contributed by atoms with Gasteiger partial charge in [-0.15, -0.1) is 0 Å².